The van der Waals surface area contributed by atoms with Gasteiger partial charge in [-0.2, -0.15) is 0 Å². The molecule has 0 aromatic heterocycles. The topological polar surface area (TPSA) is 61.8 Å². The molecule has 0 amide bonds. The molecule has 2 atom stereocenters. The van der Waals surface area contributed by atoms with Gasteiger partial charge in [0.05, 0.1) is 11.5 Å². The second kappa shape index (κ2) is 8.76. The molecule has 1 aliphatic carbocycles. The Labute approximate surface area is 170 Å². The number of piperidine rings is 1. The van der Waals surface area contributed by atoms with Crippen molar-refractivity contribution in [1.82, 2.24) is 10.2 Å². The molecule has 2 heterocycles. The molecule has 2 unspecified atom stereocenters. The lowest BCUT2D eigenvalue weighted by Gasteiger charge is -2.42. The van der Waals surface area contributed by atoms with E-state index in [2.05, 4.69) is 24.1 Å². The number of nitrogens with one attached hydrogen (secondary N) is 1. The van der Waals surface area contributed by atoms with Crippen molar-refractivity contribution in [3.63, 3.8) is 0 Å². The van der Waals surface area contributed by atoms with Gasteiger partial charge in [0, 0.05) is 25.7 Å². The molecule has 1 N–H and O–H groups in total. The van der Waals surface area contributed by atoms with Gasteiger partial charge in [-0.15, -0.1) is 24.0 Å². The lowest BCUT2D eigenvalue weighted by Crippen LogP contribution is -2.50. The van der Waals surface area contributed by atoms with E-state index >= 15 is 0 Å². The van der Waals surface area contributed by atoms with Gasteiger partial charge in [-0.25, -0.2) is 8.42 Å². The average Bonchev–Trinajstić information content (AvgIpc) is 3.26. The summed E-state index contributed by atoms with van der Waals surface area (Å²) in [5.74, 6) is 1.90. The van der Waals surface area contributed by atoms with Crippen LogP contribution < -0.4 is 5.32 Å². The van der Waals surface area contributed by atoms with Gasteiger partial charge in [-0.1, -0.05) is 20.3 Å². The quantitative estimate of drug-likeness (QED) is 0.371. The molecule has 5 nitrogen and oxygen atoms in total. The Hall–Kier alpha value is -0.0500. The van der Waals surface area contributed by atoms with Gasteiger partial charge >= 0.3 is 0 Å². The van der Waals surface area contributed by atoms with Crippen molar-refractivity contribution < 1.29 is 8.42 Å². The van der Waals surface area contributed by atoms with Crippen molar-refractivity contribution in [2.75, 3.05) is 31.1 Å². The van der Waals surface area contributed by atoms with E-state index in [-0.39, 0.29) is 29.9 Å². The Morgan fingerprint density at radius 3 is 2.68 bits per heavy atom. The zero-order chi connectivity index (χ0) is 17.2. The highest BCUT2D eigenvalue weighted by Crippen LogP contribution is 2.34. The SMILES string of the molecule is CCCC1(C)CCCN(C(=NCC2CCS(=O)(=O)C2)NC2CC2)C1.I. The summed E-state index contributed by atoms with van der Waals surface area (Å²) in [6.45, 7) is 7.46. The van der Waals surface area contributed by atoms with Crippen LogP contribution in [-0.2, 0) is 9.84 Å². The Morgan fingerprint density at radius 2 is 2.08 bits per heavy atom. The predicted octanol–water partition coefficient (Wildman–Crippen LogP) is 3.05. The number of rotatable bonds is 5. The summed E-state index contributed by atoms with van der Waals surface area (Å²) in [6, 6.07) is 0.579. The van der Waals surface area contributed by atoms with Crippen molar-refractivity contribution in [2.24, 2.45) is 16.3 Å². The number of aliphatic imine (C=N–C) groups is 1. The van der Waals surface area contributed by atoms with Gasteiger partial charge in [0.15, 0.2) is 15.8 Å². The maximum absolute atomic E-state index is 11.7. The van der Waals surface area contributed by atoms with E-state index in [1.807, 2.05) is 0 Å². The summed E-state index contributed by atoms with van der Waals surface area (Å²) < 4.78 is 23.3. The van der Waals surface area contributed by atoms with Crippen molar-refractivity contribution in [2.45, 2.75) is 64.8 Å². The highest BCUT2D eigenvalue weighted by Gasteiger charge is 2.34. The molecule has 0 radical (unpaired) electrons. The molecule has 2 saturated heterocycles. The molecule has 146 valence electrons. The normalized spacial score (nSPS) is 32.3. The van der Waals surface area contributed by atoms with Gasteiger partial charge in [0.25, 0.3) is 0 Å². The van der Waals surface area contributed by atoms with E-state index in [1.54, 1.807) is 0 Å². The number of sulfone groups is 1. The fourth-order valence-electron chi connectivity index (χ4n) is 4.18. The Balaban J connectivity index is 0.00000225. The van der Waals surface area contributed by atoms with Gasteiger partial charge < -0.3 is 10.2 Å². The first-order valence-corrected chi connectivity index (χ1v) is 11.5. The smallest absolute Gasteiger partial charge is 0.194 e. The molecule has 0 aromatic carbocycles. The van der Waals surface area contributed by atoms with Crippen LogP contribution in [0.1, 0.15) is 58.8 Å². The molecule has 3 rings (SSSR count). The largest absolute Gasteiger partial charge is 0.354 e. The number of nitrogens with zero attached hydrogens (tertiary/aromatic N) is 2. The van der Waals surface area contributed by atoms with E-state index < -0.39 is 9.84 Å². The van der Waals surface area contributed by atoms with Crippen LogP contribution in [-0.4, -0.2) is 56.5 Å². The van der Waals surface area contributed by atoms with Crippen LogP contribution in [0.5, 0.6) is 0 Å². The summed E-state index contributed by atoms with van der Waals surface area (Å²) >= 11 is 0. The molecule has 0 spiro atoms. The predicted molar refractivity (Wildman–Crippen MR) is 114 cm³/mol. The second-order valence-electron chi connectivity index (χ2n) is 8.44. The maximum atomic E-state index is 11.7. The Bertz CT molecular complexity index is 573. The third-order valence-electron chi connectivity index (χ3n) is 5.67. The van der Waals surface area contributed by atoms with E-state index in [4.69, 9.17) is 4.99 Å². The van der Waals surface area contributed by atoms with Gasteiger partial charge in [-0.3, -0.25) is 4.99 Å². The molecule has 1 saturated carbocycles. The highest BCUT2D eigenvalue weighted by atomic mass is 127. The number of likely N-dealkylation sites (tertiary alicyclic amines) is 1. The van der Waals surface area contributed by atoms with Crippen LogP contribution in [0.4, 0.5) is 0 Å². The van der Waals surface area contributed by atoms with Gasteiger partial charge in [0.1, 0.15) is 0 Å². The standard InChI is InChI=1S/C18H33N3O2S.HI/c1-3-8-18(2)9-4-10-21(14-18)17(20-16-5-6-16)19-12-15-7-11-24(22,23)13-15;/h15-16H,3-14H2,1-2H3,(H,19,20);1H. The van der Waals surface area contributed by atoms with Crippen molar-refractivity contribution >= 4 is 39.8 Å². The monoisotopic (exact) mass is 483 g/mol. The minimum Gasteiger partial charge on any atom is -0.354 e. The number of guanidine groups is 1. The zero-order valence-electron chi connectivity index (χ0n) is 15.7. The average molecular weight is 483 g/mol. The van der Waals surface area contributed by atoms with Crippen molar-refractivity contribution in [3.8, 4) is 0 Å². The first-order chi connectivity index (χ1) is 11.4. The van der Waals surface area contributed by atoms with Crippen LogP contribution in [0, 0.1) is 11.3 Å². The van der Waals surface area contributed by atoms with Crippen LogP contribution in [0.15, 0.2) is 4.99 Å². The summed E-state index contributed by atoms with van der Waals surface area (Å²) in [4.78, 5) is 7.30. The minimum atomic E-state index is -2.81. The first kappa shape index (κ1) is 21.3. The van der Waals surface area contributed by atoms with Crippen molar-refractivity contribution in [3.05, 3.63) is 0 Å². The summed E-state index contributed by atoms with van der Waals surface area (Å²) in [7, 11) is -2.81. The minimum absolute atomic E-state index is 0. The maximum Gasteiger partial charge on any atom is 0.194 e. The summed E-state index contributed by atoms with van der Waals surface area (Å²) in [5, 5.41) is 3.61. The lowest BCUT2D eigenvalue weighted by molar-refractivity contribution is 0.142. The molecule has 3 fully saturated rings. The van der Waals surface area contributed by atoms with Crippen LogP contribution in [0.2, 0.25) is 0 Å². The molecule has 7 heteroatoms. The van der Waals surface area contributed by atoms with E-state index in [0.29, 0.717) is 29.5 Å². The van der Waals surface area contributed by atoms with E-state index in [0.717, 1.165) is 25.5 Å². The summed E-state index contributed by atoms with van der Waals surface area (Å²) in [5.41, 5.74) is 0.385. The zero-order valence-corrected chi connectivity index (χ0v) is 18.8. The second-order valence-corrected chi connectivity index (χ2v) is 10.7. The number of hydrogen-bond acceptors (Lipinski definition) is 3. The molecule has 0 bridgehead atoms. The van der Waals surface area contributed by atoms with Crippen LogP contribution in [0.3, 0.4) is 0 Å². The molecule has 2 aliphatic heterocycles. The number of hydrogen-bond donors (Lipinski definition) is 1. The summed E-state index contributed by atoms with van der Waals surface area (Å²) in [6.07, 6.45) is 8.26. The van der Waals surface area contributed by atoms with E-state index in [9.17, 15) is 8.42 Å². The third kappa shape index (κ3) is 6.26. The molecular weight excluding hydrogens is 449 g/mol. The lowest BCUT2D eigenvalue weighted by atomic mass is 9.78. The Kier molecular flexibility index (Phi) is 7.45. The van der Waals surface area contributed by atoms with Gasteiger partial charge in [-0.05, 0) is 49.9 Å². The molecule has 0 aromatic rings. The highest BCUT2D eigenvalue weighted by molar-refractivity contribution is 14.0. The fraction of sp³-hybridized carbons (Fsp3) is 0.944. The van der Waals surface area contributed by atoms with E-state index in [1.165, 1.54) is 38.5 Å². The molecule has 25 heavy (non-hydrogen) atoms. The third-order valence-corrected chi connectivity index (χ3v) is 7.51. The first-order valence-electron chi connectivity index (χ1n) is 9.65. The van der Waals surface area contributed by atoms with Crippen LogP contribution in [0.25, 0.3) is 0 Å². The molecular formula is C18H34IN3O2S. The van der Waals surface area contributed by atoms with Crippen molar-refractivity contribution in [1.29, 1.82) is 0 Å². The fourth-order valence-corrected chi connectivity index (χ4v) is 6.03. The van der Waals surface area contributed by atoms with Crippen LogP contribution >= 0.6 is 24.0 Å². The van der Waals surface area contributed by atoms with Gasteiger partial charge in [0.2, 0.25) is 0 Å². The Morgan fingerprint density at radius 1 is 1.32 bits per heavy atom. The molecule has 3 aliphatic rings. The number of halogens is 1.